The molecule has 0 unspecified atom stereocenters. The molecule has 1 saturated carbocycles. The van der Waals surface area contributed by atoms with Crippen LogP contribution in [-0.2, 0) is 0 Å². The first kappa shape index (κ1) is 17.0. The highest BCUT2D eigenvalue weighted by Gasteiger charge is 2.39. The van der Waals surface area contributed by atoms with E-state index in [-0.39, 0.29) is 17.1 Å². The summed E-state index contributed by atoms with van der Waals surface area (Å²) in [5.41, 5.74) is 1.37. The molecule has 2 atom stereocenters. The van der Waals surface area contributed by atoms with Crippen molar-refractivity contribution in [1.29, 1.82) is 0 Å². The van der Waals surface area contributed by atoms with E-state index in [1.54, 1.807) is 6.07 Å². The van der Waals surface area contributed by atoms with Gasteiger partial charge in [0.05, 0.1) is 5.39 Å². The van der Waals surface area contributed by atoms with Gasteiger partial charge in [0.15, 0.2) is 11.2 Å². The number of carbonyl (C=O) groups is 1. The molecular formula is C22H26N2O3. The zero-order valence-electron chi connectivity index (χ0n) is 15.8. The van der Waals surface area contributed by atoms with E-state index in [2.05, 4.69) is 4.90 Å². The maximum absolute atomic E-state index is 13.2. The molecule has 4 fully saturated rings. The highest BCUT2D eigenvalue weighted by molar-refractivity contribution is 5.93. The second-order valence-electron chi connectivity index (χ2n) is 8.68. The van der Waals surface area contributed by atoms with Crippen molar-refractivity contribution in [2.24, 2.45) is 11.8 Å². The maximum Gasteiger partial charge on any atom is 0.289 e. The second-order valence-corrected chi connectivity index (χ2v) is 8.68. The minimum Gasteiger partial charge on any atom is -0.451 e. The molecule has 0 radical (unpaired) electrons. The Morgan fingerprint density at radius 1 is 1.11 bits per heavy atom. The van der Waals surface area contributed by atoms with Crippen LogP contribution in [-0.4, -0.2) is 47.9 Å². The molecule has 1 aliphatic carbocycles. The van der Waals surface area contributed by atoms with E-state index in [4.69, 9.17) is 4.42 Å². The molecule has 27 heavy (non-hydrogen) atoms. The zero-order valence-corrected chi connectivity index (χ0v) is 15.8. The highest BCUT2D eigenvalue weighted by Crippen LogP contribution is 2.35. The van der Waals surface area contributed by atoms with Crippen LogP contribution in [0.4, 0.5) is 0 Å². The zero-order chi connectivity index (χ0) is 18.5. The average Bonchev–Trinajstić information content (AvgIpc) is 3.48. The molecule has 5 nitrogen and oxygen atoms in total. The number of carbonyl (C=O) groups excluding carboxylic acids is 1. The van der Waals surface area contributed by atoms with Crippen LogP contribution in [0.3, 0.4) is 0 Å². The summed E-state index contributed by atoms with van der Waals surface area (Å²) in [6.45, 7) is 5.76. The monoisotopic (exact) mass is 366 g/mol. The molecule has 5 heteroatoms. The van der Waals surface area contributed by atoms with Crippen LogP contribution in [0.25, 0.3) is 11.0 Å². The second kappa shape index (κ2) is 6.48. The van der Waals surface area contributed by atoms with Gasteiger partial charge in [0.2, 0.25) is 0 Å². The third kappa shape index (κ3) is 3.29. The number of hydrogen-bond acceptors (Lipinski definition) is 4. The molecule has 1 amide bonds. The fourth-order valence-corrected chi connectivity index (χ4v) is 4.72. The van der Waals surface area contributed by atoms with Crippen LogP contribution in [0.2, 0.25) is 0 Å². The van der Waals surface area contributed by atoms with Gasteiger partial charge in [-0.3, -0.25) is 14.5 Å². The Labute approximate surface area is 158 Å². The third-order valence-corrected chi connectivity index (χ3v) is 6.40. The number of amides is 1. The van der Waals surface area contributed by atoms with Crippen molar-refractivity contribution in [3.8, 4) is 0 Å². The number of nitrogens with zero attached hydrogens (tertiary/aromatic N) is 2. The molecule has 0 spiro atoms. The van der Waals surface area contributed by atoms with E-state index in [1.807, 2.05) is 24.0 Å². The SMILES string of the molecule is Cc1ccc2c(=O)cc(C(=O)N3C[C@H]4CC[C@@H](C3)N(CC3CC3)C4)oc2c1. The normalized spacial score (nSPS) is 25.7. The van der Waals surface area contributed by atoms with Crippen LogP contribution in [0.1, 0.15) is 41.8 Å². The Hall–Kier alpha value is -2.14. The maximum atomic E-state index is 13.2. The molecule has 4 heterocycles. The van der Waals surface area contributed by atoms with Crippen LogP contribution in [0, 0.1) is 18.8 Å². The molecular weight excluding hydrogens is 340 g/mol. The Morgan fingerprint density at radius 2 is 1.96 bits per heavy atom. The summed E-state index contributed by atoms with van der Waals surface area (Å²) in [6, 6.07) is 7.31. The van der Waals surface area contributed by atoms with E-state index >= 15 is 0 Å². The van der Waals surface area contributed by atoms with Crippen molar-refractivity contribution in [3.63, 3.8) is 0 Å². The summed E-state index contributed by atoms with van der Waals surface area (Å²) in [5.74, 6) is 1.44. The third-order valence-electron chi connectivity index (χ3n) is 6.40. The van der Waals surface area contributed by atoms with Crippen LogP contribution in [0.15, 0.2) is 33.5 Å². The van der Waals surface area contributed by atoms with Gasteiger partial charge in [0.25, 0.3) is 5.91 Å². The van der Waals surface area contributed by atoms with Gasteiger partial charge in [-0.2, -0.15) is 0 Å². The molecule has 142 valence electrons. The van der Waals surface area contributed by atoms with Crippen molar-refractivity contribution in [1.82, 2.24) is 9.80 Å². The van der Waals surface area contributed by atoms with Gasteiger partial charge in [-0.05, 0) is 62.1 Å². The molecule has 4 aliphatic rings. The van der Waals surface area contributed by atoms with Crippen molar-refractivity contribution in [2.75, 3.05) is 26.2 Å². The minimum absolute atomic E-state index is 0.138. The molecule has 2 aromatic rings. The van der Waals surface area contributed by atoms with E-state index in [0.29, 0.717) is 22.9 Å². The Kier molecular flexibility index (Phi) is 4.08. The summed E-state index contributed by atoms with van der Waals surface area (Å²) in [5, 5.41) is 0.531. The molecule has 1 aromatic heterocycles. The minimum atomic E-state index is -0.146. The van der Waals surface area contributed by atoms with Gasteiger partial charge in [0, 0.05) is 38.3 Å². The Bertz CT molecular complexity index is 946. The summed E-state index contributed by atoms with van der Waals surface area (Å²) < 4.78 is 5.87. The predicted molar refractivity (Wildman–Crippen MR) is 104 cm³/mol. The van der Waals surface area contributed by atoms with Gasteiger partial charge in [-0.25, -0.2) is 0 Å². The Morgan fingerprint density at radius 3 is 2.78 bits per heavy atom. The molecule has 3 saturated heterocycles. The smallest absolute Gasteiger partial charge is 0.289 e. The van der Waals surface area contributed by atoms with Gasteiger partial charge >= 0.3 is 0 Å². The van der Waals surface area contributed by atoms with Gasteiger partial charge in [-0.15, -0.1) is 0 Å². The van der Waals surface area contributed by atoms with E-state index in [0.717, 1.165) is 31.1 Å². The fraction of sp³-hybridized carbons (Fsp3) is 0.545. The van der Waals surface area contributed by atoms with Crippen molar-refractivity contribution in [2.45, 2.75) is 38.6 Å². The number of hydrogen-bond donors (Lipinski definition) is 0. The molecule has 1 aromatic carbocycles. The van der Waals surface area contributed by atoms with E-state index < -0.39 is 0 Å². The standard InChI is InChI=1S/C22H26N2O3/c1-14-2-7-18-19(25)9-21(27-20(18)8-14)22(26)24-12-16-5-6-17(13-24)23(11-16)10-15-3-4-15/h2,7-9,15-17H,3-6,10-13H2,1H3/t16-,17-/m0/s1. The first-order valence-electron chi connectivity index (χ1n) is 10.1. The first-order chi connectivity index (χ1) is 13.1. The summed E-state index contributed by atoms with van der Waals surface area (Å²) in [7, 11) is 0. The number of rotatable bonds is 3. The Balaban J connectivity index is 1.42. The van der Waals surface area contributed by atoms with Gasteiger partial charge < -0.3 is 9.32 Å². The first-order valence-corrected chi connectivity index (χ1v) is 10.1. The lowest BCUT2D eigenvalue weighted by Gasteiger charge is -2.36. The number of benzene rings is 1. The predicted octanol–water partition coefficient (Wildman–Crippen LogP) is 3.05. The average molecular weight is 366 g/mol. The number of fused-ring (bicyclic) bond motifs is 5. The topological polar surface area (TPSA) is 53.8 Å². The van der Waals surface area contributed by atoms with E-state index in [9.17, 15) is 9.59 Å². The lowest BCUT2D eigenvalue weighted by molar-refractivity contribution is 0.0705. The molecule has 0 N–H and O–H groups in total. The van der Waals surface area contributed by atoms with Crippen molar-refractivity contribution >= 4 is 16.9 Å². The highest BCUT2D eigenvalue weighted by atomic mass is 16.3. The number of aryl methyl sites for hydroxylation is 1. The summed E-state index contributed by atoms with van der Waals surface area (Å²) in [6.07, 6.45) is 5.08. The lowest BCUT2D eigenvalue weighted by atomic mass is 9.95. The molecule has 3 aliphatic heterocycles. The molecule has 2 bridgehead atoms. The fourth-order valence-electron chi connectivity index (χ4n) is 4.72. The van der Waals surface area contributed by atoms with Crippen LogP contribution < -0.4 is 5.43 Å². The lowest BCUT2D eigenvalue weighted by Crippen LogP contribution is -2.45. The number of piperidine rings is 1. The summed E-state index contributed by atoms with van der Waals surface area (Å²) in [4.78, 5) is 30.2. The van der Waals surface area contributed by atoms with Crippen molar-refractivity contribution in [3.05, 3.63) is 45.8 Å². The quantitative estimate of drug-likeness (QED) is 0.838. The van der Waals surface area contributed by atoms with Crippen LogP contribution >= 0.6 is 0 Å². The van der Waals surface area contributed by atoms with Gasteiger partial charge in [0.1, 0.15) is 5.58 Å². The van der Waals surface area contributed by atoms with Gasteiger partial charge in [-0.1, -0.05) is 6.07 Å². The molecule has 6 rings (SSSR count). The van der Waals surface area contributed by atoms with Crippen molar-refractivity contribution < 1.29 is 9.21 Å². The van der Waals surface area contributed by atoms with Crippen LogP contribution in [0.5, 0.6) is 0 Å². The summed E-state index contributed by atoms with van der Waals surface area (Å²) >= 11 is 0. The largest absolute Gasteiger partial charge is 0.451 e. The van der Waals surface area contributed by atoms with E-state index in [1.165, 1.54) is 38.3 Å².